The van der Waals surface area contributed by atoms with Crippen molar-refractivity contribution in [3.8, 4) is 0 Å². The smallest absolute Gasteiger partial charge is 0.199 e. The Morgan fingerprint density at radius 1 is 1.00 bits per heavy atom. The maximum atomic E-state index is 8.54. The Balaban J connectivity index is 1.64. The van der Waals surface area contributed by atoms with Crippen LogP contribution < -0.4 is 10.2 Å². The van der Waals surface area contributed by atoms with Gasteiger partial charge in [0.1, 0.15) is 0 Å². The first-order valence-electron chi connectivity index (χ1n) is 8.97. The average Bonchev–Trinajstić information content (AvgIpc) is 3.08. The van der Waals surface area contributed by atoms with Gasteiger partial charge in [-0.05, 0) is 46.0 Å². The molecule has 0 aliphatic heterocycles. The highest BCUT2D eigenvalue weighted by molar-refractivity contribution is 6.12. The van der Waals surface area contributed by atoms with Gasteiger partial charge in [-0.25, -0.2) is 0 Å². The van der Waals surface area contributed by atoms with Gasteiger partial charge in [0.05, 0.1) is 5.69 Å². The normalized spacial score (nSPS) is 12.0. The van der Waals surface area contributed by atoms with E-state index in [-0.39, 0.29) is 0 Å². The Labute approximate surface area is 154 Å². The summed E-state index contributed by atoms with van der Waals surface area (Å²) in [6.45, 7) is 4.36. The van der Waals surface area contributed by atoms with Crippen molar-refractivity contribution in [3.05, 3.63) is 71.3 Å². The Morgan fingerprint density at radius 3 is 2.62 bits per heavy atom. The Hall–Kier alpha value is -3.07. The zero-order chi connectivity index (χ0) is 18.3. The predicted octanol–water partition coefficient (Wildman–Crippen LogP) is 5.93. The zero-order valence-corrected chi connectivity index (χ0v) is 15.4. The molecule has 2 N–H and O–H groups in total. The average molecular weight is 341 g/mol. The third-order valence-corrected chi connectivity index (χ3v) is 5.04. The van der Waals surface area contributed by atoms with Crippen molar-refractivity contribution < 1.29 is 0 Å². The summed E-state index contributed by atoms with van der Waals surface area (Å²) >= 11 is 0. The van der Waals surface area contributed by atoms with E-state index in [4.69, 9.17) is 5.41 Å². The number of nitrogens with zero attached hydrogens (tertiary/aromatic N) is 1. The SMILES string of the molecule is CC(C)c1cccc(NC(=N)N(C)c2ccc3cccc4c3c2C=C4)c1. The first-order valence-corrected chi connectivity index (χ1v) is 8.97. The number of hydrogen-bond donors (Lipinski definition) is 2. The summed E-state index contributed by atoms with van der Waals surface area (Å²) in [6, 6.07) is 18.9. The second kappa shape index (κ2) is 6.34. The summed E-state index contributed by atoms with van der Waals surface area (Å²) in [6.07, 6.45) is 4.30. The van der Waals surface area contributed by atoms with Crippen LogP contribution in [0.15, 0.2) is 54.6 Å². The lowest BCUT2D eigenvalue weighted by atomic mass is 10.0. The van der Waals surface area contributed by atoms with Crippen molar-refractivity contribution in [3.63, 3.8) is 0 Å². The third-order valence-electron chi connectivity index (χ3n) is 5.04. The number of nitrogens with one attached hydrogen (secondary N) is 2. The quantitative estimate of drug-likeness (QED) is 0.358. The summed E-state index contributed by atoms with van der Waals surface area (Å²) in [5.74, 6) is 0.827. The van der Waals surface area contributed by atoms with Gasteiger partial charge in [-0.2, -0.15) is 0 Å². The number of rotatable bonds is 3. The second-order valence-electron chi connectivity index (χ2n) is 7.09. The van der Waals surface area contributed by atoms with Gasteiger partial charge < -0.3 is 10.2 Å². The molecule has 130 valence electrons. The maximum Gasteiger partial charge on any atom is 0.199 e. The molecular weight excluding hydrogens is 318 g/mol. The molecule has 0 spiro atoms. The molecule has 0 fully saturated rings. The lowest BCUT2D eigenvalue weighted by Crippen LogP contribution is -2.32. The molecule has 0 aromatic heterocycles. The minimum absolute atomic E-state index is 0.360. The van der Waals surface area contributed by atoms with Crippen LogP contribution in [0, 0.1) is 5.41 Å². The molecule has 1 aliphatic rings. The van der Waals surface area contributed by atoms with Gasteiger partial charge in [-0.1, -0.05) is 62.4 Å². The van der Waals surface area contributed by atoms with E-state index < -0.39 is 0 Å². The lowest BCUT2D eigenvalue weighted by molar-refractivity contribution is 0.867. The van der Waals surface area contributed by atoms with Crippen molar-refractivity contribution in [1.82, 2.24) is 0 Å². The van der Waals surface area contributed by atoms with Gasteiger partial charge in [0, 0.05) is 18.3 Å². The molecule has 0 saturated carbocycles. The highest BCUT2D eigenvalue weighted by atomic mass is 15.3. The fourth-order valence-electron chi connectivity index (χ4n) is 3.51. The van der Waals surface area contributed by atoms with Gasteiger partial charge in [0.25, 0.3) is 0 Å². The van der Waals surface area contributed by atoms with E-state index in [2.05, 4.69) is 73.8 Å². The van der Waals surface area contributed by atoms with Crippen LogP contribution in [-0.4, -0.2) is 13.0 Å². The molecule has 3 aromatic rings. The summed E-state index contributed by atoms with van der Waals surface area (Å²) in [5, 5.41) is 14.3. The maximum absolute atomic E-state index is 8.54. The molecule has 3 nitrogen and oxygen atoms in total. The van der Waals surface area contributed by atoms with Crippen LogP contribution in [0.1, 0.15) is 36.5 Å². The van der Waals surface area contributed by atoms with Crippen molar-refractivity contribution in [2.45, 2.75) is 19.8 Å². The van der Waals surface area contributed by atoms with Gasteiger partial charge in [-0.3, -0.25) is 5.41 Å². The molecule has 26 heavy (non-hydrogen) atoms. The highest BCUT2D eigenvalue weighted by Crippen LogP contribution is 2.37. The van der Waals surface area contributed by atoms with Crippen LogP contribution in [0.5, 0.6) is 0 Å². The Bertz CT molecular complexity index is 1030. The van der Waals surface area contributed by atoms with Crippen LogP contribution in [0.25, 0.3) is 22.9 Å². The van der Waals surface area contributed by atoms with Crippen LogP contribution in [0.3, 0.4) is 0 Å². The van der Waals surface area contributed by atoms with E-state index in [9.17, 15) is 0 Å². The molecule has 0 unspecified atom stereocenters. The van der Waals surface area contributed by atoms with Crippen LogP contribution in [0.2, 0.25) is 0 Å². The van der Waals surface area contributed by atoms with Crippen molar-refractivity contribution >= 4 is 40.3 Å². The molecule has 3 heteroatoms. The Kier molecular flexibility index (Phi) is 4.00. The fraction of sp³-hybridized carbons (Fsp3) is 0.174. The van der Waals surface area contributed by atoms with Gasteiger partial charge >= 0.3 is 0 Å². The number of anilines is 2. The molecule has 1 aliphatic carbocycles. The second-order valence-corrected chi connectivity index (χ2v) is 7.09. The van der Waals surface area contributed by atoms with Crippen molar-refractivity contribution in [2.75, 3.05) is 17.3 Å². The lowest BCUT2D eigenvalue weighted by Gasteiger charge is -2.23. The third kappa shape index (κ3) is 2.76. The molecular formula is C23H23N3. The first kappa shape index (κ1) is 16.4. The molecule has 0 amide bonds. The first-order chi connectivity index (χ1) is 12.5. The summed E-state index contributed by atoms with van der Waals surface area (Å²) in [4.78, 5) is 1.91. The van der Waals surface area contributed by atoms with E-state index in [1.807, 2.05) is 24.1 Å². The monoisotopic (exact) mass is 341 g/mol. The fourth-order valence-corrected chi connectivity index (χ4v) is 3.51. The zero-order valence-electron chi connectivity index (χ0n) is 15.4. The molecule has 4 rings (SSSR count). The molecule has 0 bridgehead atoms. The van der Waals surface area contributed by atoms with Crippen LogP contribution in [-0.2, 0) is 0 Å². The van der Waals surface area contributed by atoms with Gasteiger partial charge in [0.2, 0.25) is 0 Å². The van der Waals surface area contributed by atoms with E-state index in [1.54, 1.807) is 0 Å². The minimum Gasteiger partial charge on any atom is -0.326 e. The van der Waals surface area contributed by atoms with Crippen molar-refractivity contribution in [1.29, 1.82) is 5.41 Å². The molecule has 0 atom stereocenters. The molecule has 0 saturated heterocycles. The Morgan fingerprint density at radius 2 is 1.81 bits per heavy atom. The number of hydrogen-bond acceptors (Lipinski definition) is 1. The highest BCUT2D eigenvalue weighted by Gasteiger charge is 2.17. The van der Waals surface area contributed by atoms with E-state index >= 15 is 0 Å². The van der Waals surface area contributed by atoms with Crippen LogP contribution in [0.4, 0.5) is 11.4 Å². The molecule has 3 aromatic carbocycles. The van der Waals surface area contributed by atoms with E-state index in [0.717, 1.165) is 11.4 Å². The van der Waals surface area contributed by atoms with E-state index in [0.29, 0.717) is 11.9 Å². The van der Waals surface area contributed by atoms with Crippen LogP contribution >= 0.6 is 0 Å². The standard InChI is InChI=1S/C23H23N3/c1-15(2)18-8-5-9-19(14-18)25-23(24)26(3)21-13-11-17-7-4-6-16-10-12-20(21)22(16)17/h4-15H,1-3H3,(H2,24,25). The molecule has 0 radical (unpaired) electrons. The van der Waals surface area contributed by atoms with Gasteiger partial charge in [-0.15, -0.1) is 0 Å². The summed E-state index contributed by atoms with van der Waals surface area (Å²) < 4.78 is 0. The van der Waals surface area contributed by atoms with Crippen molar-refractivity contribution in [2.24, 2.45) is 0 Å². The number of benzene rings is 3. The summed E-state index contributed by atoms with van der Waals surface area (Å²) in [7, 11) is 1.94. The summed E-state index contributed by atoms with van der Waals surface area (Å²) in [5.41, 5.74) is 5.68. The van der Waals surface area contributed by atoms with E-state index in [1.165, 1.54) is 27.5 Å². The minimum atomic E-state index is 0.360. The predicted molar refractivity (Wildman–Crippen MR) is 113 cm³/mol. The number of guanidine groups is 1. The van der Waals surface area contributed by atoms with Gasteiger partial charge in [0.15, 0.2) is 5.96 Å². The largest absolute Gasteiger partial charge is 0.326 e. The molecule has 0 heterocycles. The topological polar surface area (TPSA) is 39.1 Å².